The van der Waals surface area contributed by atoms with Crippen molar-refractivity contribution >= 4 is 119 Å². The van der Waals surface area contributed by atoms with Crippen LogP contribution in [0.5, 0.6) is 0 Å². The highest BCUT2D eigenvalue weighted by Crippen LogP contribution is 2.56. The molecule has 0 atom stereocenters. The van der Waals surface area contributed by atoms with Gasteiger partial charge in [-0.2, -0.15) is 0 Å². The number of hydrogen-bond acceptors (Lipinski definition) is 4. The first-order valence-electron chi connectivity index (χ1n) is 43.6. The molecule has 2 aliphatic rings. The van der Waals surface area contributed by atoms with Gasteiger partial charge in [-0.1, -0.05) is 367 Å². The zero-order chi connectivity index (χ0) is 84.1. The van der Waals surface area contributed by atoms with Crippen LogP contribution in [0.15, 0.2) is 449 Å². The van der Waals surface area contributed by atoms with Crippen LogP contribution in [0.3, 0.4) is 0 Å². The molecule has 0 saturated heterocycles. The van der Waals surface area contributed by atoms with Crippen molar-refractivity contribution in [1.29, 1.82) is 0 Å². The van der Waals surface area contributed by atoms with Crippen LogP contribution in [0.2, 0.25) is 0 Å². The molecule has 0 bridgehead atoms. The lowest BCUT2D eigenvalue weighted by Crippen LogP contribution is -2.17. The van der Waals surface area contributed by atoms with Crippen molar-refractivity contribution in [2.24, 2.45) is 0 Å². The molecule has 24 rings (SSSR count). The number of nitrogens with zero attached hydrogens (tertiary/aromatic N) is 2. The molecule has 20 aromatic carbocycles. The van der Waals surface area contributed by atoms with Gasteiger partial charge in [0.15, 0.2) is 0 Å². The fraction of sp³-hybridized carbons (Fsp3) is 0.0492. The van der Waals surface area contributed by atoms with Gasteiger partial charge in [0, 0.05) is 84.7 Å². The highest BCUT2D eigenvalue weighted by molar-refractivity contribution is 7.26. The van der Waals surface area contributed by atoms with E-state index in [4.69, 9.17) is 0 Å². The minimum atomic E-state index is -0.191. The van der Waals surface area contributed by atoms with Gasteiger partial charge in [0.25, 0.3) is 0 Å². The molecule has 22 aromatic rings. The Morgan fingerprint density at radius 3 is 0.810 bits per heavy atom. The molecule has 4 heteroatoms. The van der Waals surface area contributed by atoms with Gasteiger partial charge in [-0.3, -0.25) is 0 Å². The van der Waals surface area contributed by atoms with Gasteiger partial charge in [-0.05, 0) is 253 Å². The second-order valence-electron chi connectivity index (χ2n) is 34.6. The largest absolute Gasteiger partial charge is 0.310 e. The second-order valence-corrected chi connectivity index (χ2v) is 36.8. The summed E-state index contributed by atoms with van der Waals surface area (Å²) in [6.45, 7) is 9.54. The molecular weight excluding hydrogens is 1560 g/mol. The van der Waals surface area contributed by atoms with Gasteiger partial charge >= 0.3 is 0 Å². The summed E-state index contributed by atoms with van der Waals surface area (Å²) in [6, 6.07) is 166. The molecule has 596 valence electrons. The van der Waals surface area contributed by atoms with Crippen LogP contribution in [-0.2, 0) is 10.8 Å². The summed E-state index contributed by atoms with van der Waals surface area (Å²) in [4.78, 5) is 4.94. The summed E-state index contributed by atoms with van der Waals surface area (Å²) in [5.74, 6) is 0. The fourth-order valence-electron chi connectivity index (χ4n) is 20.0. The van der Waals surface area contributed by atoms with E-state index in [-0.39, 0.29) is 10.8 Å². The molecule has 2 nitrogen and oxygen atoms in total. The summed E-state index contributed by atoms with van der Waals surface area (Å²) < 4.78 is 5.30. The maximum Gasteiger partial charge on any atom is 0.0540 e. The van der Waals surface area contributed by atoms with E-state index in [9.17, 15) is 0 Å². The highest BCUT2D eigenvalue weighted by atomic mass is 32.1. The van der Waals surface area contributed by atoms with Crippen molar-refractivity contribution in [2.45, 2.75) is 38.5 Å². The van der Waals surface area contributed by atoms with E-state index in [0.717, 1.165) is 34.1 Å². The van der Waals surface area contributed by atoms with E-state index < -0.39 is 0 Å². The SMILES string of the molecule is CC1(C)c2cc(-c3ccccc3)ccc2-c2ccc(N(c3ccc(-c4ccc(-c5ccccc5)cc4)cc3)c3ccc(-c4ccc5sc6ccccc6c5c4)c4ccccc34)cc21.CC1(C)c2cc(-c3ccccc3)ccc2-c2ccc(N(c3ccc(-c4ccc5sc6ccccc6c5c4)cc3)c3ccc(-c4ccc(-c5ccccc5)cc4)c4ccccc34)cc21. The molecule has 0 fully saturated rings. The van der Waals surface area contributed by atoms with Gasteiger partial charge in [-0.15, -0.1) is 22.7 Å². The van der Waals surface area contributed by atoms with E-state index in [1.807, 2.05) is 22.7 Å². The first kappa shape index (κ1) is 75.9. The van der Waals surface area contributed by atoms with E-state index >= 15 is 0 Å². The molecule has 0 unspecified atom stereocenters. The molecule has 0 saturated carbocycles. The van der Waals surface area contributed by atoms with Crippen molar-refractivity contribution in [2.75, 3.05) is 9.80 Å². The third-order valence-electron chi connectivity index (χ3n) is 26.6. The van der Waals surface area contributed by atoms with Gasteiger partial charge < -0.3 is 9.80 Å². The fourth-order valence-corrected chi connectivity index (χ4v) is 22.2. The standard InChI is InChI=1S/2C61H43NS/c1-61(2)56-38-46(41-15-7-4-8-16-41)27-32-51(56)52-33-31-48(39-57(52)61)62(47-29-25-43(26-30-47)45-28-36-60-55(37-45)54-19-11-12-20-59(54)63-60)58-35-34-49(50-17-9-10-18-53(50)58)44-23-21-42(22-24-44)40-13-5-3-6-14-40;1-61(2)56-38-45(41-15-7-4-8-16-41)27-32-51(56)52-33-31-48(39-57(52)61)62(47-29-25-44(26-30-47)43-23-21-42(22-24-43)40-13-5-3-6-14-40)58-35-34-49(50-17-9-10-18-53(50)58)46-28-36-60-55(37-46)54-19-11-12-20-59(54)63-60/h2*3-39H,1-2H3. The first-order chi connectivity index (χ1) is 61.9. The van der Waals surface area contributed by atoms with Crippen LogP contribution in [0.25, 0.3) is 173 Å². The second kappa shape index (κ2) is 31.1. The molecule has 0 amide bonds. The minimum absolute atomic E-state index is 0.191. The Labute approximate surface area is 743 Å². The third-order valence-corrected chi connectivity index (χ3v) is 28.9. The Kier molecular flexibility index (Phi) is 18.7. The molecule has 0 aliphatic heterocycles. The Balaban J connectivity index is 0.000000145. The topological polar surface area (TPSA) is 6.48 Å². The molecule has 2 heterocycles. The van der Waals surface area contributed by atoms with E-state index in [1.165, 1.54) is 195 Å². The maximum atomic E-state index is 2.47. The summed E-state index contributed by atoms with van der Waals surface area (Å²) in [7, 11) is 0. The molecular formula is C122H86N2S2. The minimum Gasteiger partial charge on any atom is -0.310 e. The Morgan fingerprint density at radius 1 is 0.159 bits per heavy atom. The lowest BCUT2D eigenvalue weighted by atomic mass is 9.81. The average molecular weight is 1640 g/mol. The lowest BCUT2D eigenvalue weighted by Gasteiger charge is -2.29. The number of benzene rings is 20. The Bertz CT molecular complexity index is 7810. The van der Waals surface area contributed by atoms with Crippen LogP contribution >= 0.6 is 22.7 Å². The summed E-state index contributed by atoms with van der Waals surface area (Å²) >= 11 is 3.73. The van der Waals surface area contributed by atoms with Crippen LogP contribution < -0.4 is 9.80 Å². The summed E-state index contributed by atoms with van der Waals surface area (Å²) in [5.41, 5.74) is 36.7. The lowest BCUT2D eigenvalue weighted by molar-refractivity contribution is 0.660. The monoisotopic (exact) mass is 1640 g/mol. The highest BCUT2D eigenvalue weighted by Gasteiger charge is 2.39. The van der Waals surface area contributed by atoms with E-state index in [2.05, 4.69) is 486 Å². The van der Waals surface area contributed by atoms with Crippen molar-refractivity contribution in [3.63, 3.8) is 0 Å². The number of hydrogen-bond donors (Lipinski definition) is 0. The number of fused-ring (bicyclic) bond motifs is 14. The summed E-state index contributed by atoms with van der Waals surface area (Å²) in [6.07, 6.45) is 0. The van der Waals surface area contributed by atoms with Gasteiger partial charge in [-0.25, -0.2) is 0 Å². The molecule has 2 aromatic heterocycles. The quantitative estimate of drug-likeness (QED) is 0.107. The average Bonchev–Trinajstić information content (AvgIpc) is 1.56. The van der Waals surface area contributed by atoms with E-state index in [0.29, 0.717) is 0 Å². The molecule has 126 heavy (non-hydrogen) atoms. The maximum absolute atomic E-state index is 2.47. The predicted octanol–water partition coefficient (Wildman–Crippen LogP) is 35.3. The number of thiophene rings is 2. The number of anilines is 6. The van der Waals surface area contributed by atoms with Crippen LogP contribution in [-0.4, -0.2) is 0 Å². The summed E-state index contributed by atoms with van der Waals surface area (Å²) in [5, 5.41) is 10.1. The zero-order valence-electron chi connectivity index (χ0n) is 70.4. The molecule has 0 N–H and O–H groups in total. The van der Waals surface area contributed by atoms with Crippen LogP contribution in [0.4, 0.5) is 34.1 Å². The van der Waals surface area contributed by atoms with Crippen LogP contribution in [0, 0.1) is 0 Å². The molecule has 2 aliphatic carbocycles. The Hall–Kier alpha value is -15.0. The molecule has 0 radical (unpaired) electrons. The Morgan fingerprint density at radius 2 is 0.405 bits per heavy atom. The van der Waals surface area contributed by atoms with Gasteiger partial charge in [0.1, 0.15) is 0 Å². The molecule has 0 spiro atoms. The van der Waals surface area contributed by atoms with Crippen LogP contribution in [0.1, 0.15) is 49.9 Å². The third kappa shape index (κ3) is 13.3. The number of rotatable bonds is 14. The normalized spacial score (nSPS) is 12.7. The van der Waals surface area contributed by atoms with Crippen molar-refractivity contribution in [3.05, 3.63) is 471 Å². The predicted molar refractivity (Wildman–Crippen MR) is 542 cm³/mol. The van der Waals surface area contributed by atoms with E-state index in [1.54, 1.807) is 0 Å². The van der Waals surface area contributed by atoms with Crippen molar-refractivity contribution in [3.8, 4) is 111 Å². The van der Waals surface area contributed by atoms with Gasteiger partial charge in [0.05, 0.1) is 11.4 Å². The zero-order valence-corrected chi connectivity index (χ0v) is 72.1. The van der Waals surface area contributed by atoms with Crippen molar-refractivity contribution in [1.82, 2.24) is 0 Å². The smallest absolute Gasteiger partial charge is 0.0540 e. The van der Waals surface area contributed by atoms with Crippen molar-refractivity contribution < 1.29 is 0 Å². The first-order valence-corrected chi connectivity index (χ1v) is 45.3. The van der Waals surface area contributed by atoms with Gasteiger partial charge in [0.2, 0.25) is 0 Å².